The molecule has 1 N–H and O–H groups in total. The lowest BCUT2D eigenvalue weighted by Gasteiger charge is -2.01. The van der Waals surface area contributed by atoms with Crippen molar-refractivity contribution in [2.24, 2.45) is 0 Å². The molecule has 0 radical (unpaired) electrons. The summed E-state index contributed by atoms with van der Waals surface area (Å²) in [6, 6.07) is 9.43. The van der Waals surface area contributed by atoms with E-state index in [1.165, 1.54) is 0 Å². The van der Waals surface area contributed by atoms with Gasteiger partial charge in [0.1, 0.15) is 5.69 Å². The number of nitrogens with one attached hydrogen (secondary N) is 1. The van der Waals surface area contributed by atoms with E-state index in [2.05, 4.69) is 4.98 Å². The summed E-state index contributed by atoms with van der Waals surface area (Å²) in [7, 11) is 0. The third kappa shape index (κ3) is 3.60. The predicted octanol–water partition coefficient (Wildman–Crippen LogP) is 3.23. The minimum atomic E-state index is -0.435. The molecule has 1 aromatic carbocycles. The molecule has 2 aromatic rings. The van der Waals surface area contributed by atoms with E-state index in [0.717, 1.165) is 11.1 Å². The number of rotatable bonds is 5. The molecule has 0 aliphatic rings. The largest absolute Gasteiger partial charge is 0.461 e. The number of ether oxygens (including phenoxy) is 1. The van der Waals surface area contributed by atoms with Gasteiger partial charge < -0.3 is 9.72 Å². The molecule has 0 unspecified atom stereocenters. The maximum Gasteiger partial charge on any atom is 0.354 e. The van der Waals surface area contributed by atoms with Crippen molar-refractivity contribution in [3.8, 4) is 0 Å². The van der Waals surface area contributed by atoms with Crippen molar-refractivity contribution in [2.75, 3.05) is 6.61 Å². The normalized spacial score (nSPS) is 10.4. The van der Waals surface area contributed by atoms with Gasteiger partial charge in [0.15, 0.2) is 5.78 Å². The van der Waals surface area contributed by atoms with Gasteiger partial charge >= 0.3 is 5.97 Å². The van der Waals surface area contributed by atoms with Crippen molar-refractivity contribution >= 4 is 11.8 Å². The second-order valence-corrected chi connectivity index (χ2v) is 5.03. The highest BCUT2D eigenvalue weighted by atomic mass is 16.5. The Bertz CT molecular complexity index is 653. The van der Waals surface area contributed by atoms with Crippen LogP contribution in [-0.4, -0.2) is 23.3 Å². The van der Waals surface area contributed by atoms with Crippen LogP contribution in [-0.2, 0) is 11.2 Å². The number of ketones is 1. The van der Waals surface area contributed by atoms with Gasteiger partial charge in [0.05, 0.1) is 6.61 Å². The van der Waals surface area contributed by atoms with Gasteiger partial charge in [-0.1, -0.05) is 29.8 Å². The summed E-state index contributed by atoms with van der Waals surface area (Å²) in [5.74, 6) is -0.446. The first kappa shape index (κ1) is 15.0. The van der Waals surface area contributed by atoms with E-state index in [1.54, 1.807) is 19.9 Å². The number of esters is 1. The minimum absolute atomic E-state index is 0.0110. The topological polar surface area (TPSA) is 59.2 Å². The number of hydrogen-bond donors (Lipinski definition) is 1. The van der Waals surface area contributed by atoms with Crippen molar-refractivity contribution in [3.05, 3.63) is 58.4 Å². The van der Waals surface area contributed by atoms with Crippen LogP contribution in [0.3, 0.4) is 0 Å². The zero-order valence-electron chi connectivity index (χ0n) is 12.5. The molecule has 0 aliphatic heterocycles. The van der Waals surface area contributed by atoms with Crippen molar-refractivity contribution in [1.29, 1.82) is 0 Å². The van der Waals surface area contributed by atoms with Gasteiger partial charge in [-0.25, -0.2) is 4.79 Å². The zero-order valence-corrected chi connectivity index (χ0v) is 12.5. The molecule has 110 valence electrons. The zero-order chi connectivity index (χ0) is 15.4. The Kier molecular flexibility index (Phi) is 4.58. The van der Waals surface area contributed by atoms with Crippen LogP contribution in [0, 0.1) is 13.8 Å². The van der Waals surface area contributed by atoms with Crippen LogP contribution in [0.4, 0.5) is 0 Å². The van der Waals surface area contributed by atoms with Crippen molar-refractivity contribution in [2.45, 2.75) is 27.2 Å². The van der Waals surface area contributed by atoms with Gasteiger partial charge in [-0.05, 0) is 32.4 Å². The van der Waals surface area contributed by atoms with Crippen LogP contribution < -0.4 is 0 Å². The Morgan fingerprint density at radius 2 is 1.81 bits per heavy atom. The summed E-state index contributed by atoms with van der Waals surface area (Å²) < 4.78 is 4.93. The number of aromatic nitrogens is 1. The van der Waals surface area contributed by atoms with Gasteiger partial charge in [0.2, 0.25) is 0 Å². The molecule has 0 bridgehead atoms. The molecule has 0 spiro atoms. The highest BCUT2D eigenvalue weighted by Crippen LogP contribution is 2.15. The number of Topliss-reactive ketones (excluding diaryl/α,β-unsaturated/α-hetero) is 1. The van der Waals surface area contributed by atoms with Crippen molar-refractivity contribution in [3.63, 3.8) is 0 Å². The van der Waals surface area contributed by atoms with E-state index in [-0.39, 0.29) is 5.78 Å². The molecule has 2 rings (SSSR count). The molecule has 0 fully saturated rings. The van der Waals surface area contributed by atoms with Crippen LogP contribution in [0.2, 0.25) is 0 Å². The summed E-state index contributed by atoms with van der Waals surface area (Å²) in [5.41, 5.74) is 3.67. The summed E-state index contributed by atoms with van der Waals surface area (Å²) in [6.45, 7) is 5.85. The molecular weight excluding hydrogens is 266 g/mol. The molecular formula is C17H19NO3. The summed E-state index contributed by atoms with van der Waals surface area (Å²) in [6.07, 6.45) is 0.321. The third-order valence-corrected chi connectivity index (χ3v) is 3.30. The second-order valence-electron chi connectivity index (χ2n) is 5.03. The van der Waals surface area contributed by atoms with Gasteiger partial charge in [-0.3, -0.25) is 4.79 Å². The third-order valence-electron chi connectivity index (χ3n) is 3.30. The molecule has 1 heterocycles. The van der Waals surface area contributed by atoms with Crippen molar-refractivity contribution in [1.82, 2.24) is 4.98 Å². The molecule has 4 nitrogen and oxygen atoms in total. The Morgan fingerprint density at radius 1 is 1.14 bits per heavy atom. The molecule has 0 aliphatic carbocycles. The fourth-order valence-electron chi connectivity index (χ4n) is 2.15. The second kappa shape index (κ2) is 6.39. The minimum Gasteiger partial charge on any atom is -0.461 e. The lowest BCUT2D eigenvalue weighted by molar-refractivity contribution is 0.0520. The number of H-pyrrole nitrogens is 1. The Hall–Kier alpha value is -2.36. The summed E-state index contributed by atoms with van der Waals surface area (Å²) in [4.78, 5) is 26.9. The Morgan fingerprint density at radius 3 is 2.43 bits per heavy atom. The van der Waals surface area contributed by atoms with Crippen molar-refractivity contribution < 1.29 is 14.3 Å². The van der Waals surface area contributed by atoms with Gasteiger partial charge in [0, 0.05) is 17.7 Å². The summed E-state index contributed by atoms with van der Waals surface area (Å²) >= 11 is 0. The van der Waals surface area contributed by atoms with Crippen LogP contribution in [0.15, 0.2) is 30.3 Å². The quantitative estimate of drug-likeness (QED) is 0.677. The van der Waals surface area contributed by atoms with E-state index < -0.39 is 5.97 Å². The van der Waals surface area contributed by atoms with Crippen LogP contribution in [0.25, 0.3) is 0 Å². The Labute approximate surface area is 124 Å². The lowest BCUT2D eigenvalue weighted by Crippen LogP contribution is -2.05. The SMILES string of the molecule is CCOC(=O)c1cc(C(=O)Cc2ccc(C)cc2)c(C)[nH]1. The van der Waals surface area contributed by atoms with E-state index in [0.29, 0.717) is 30.0 Å². The molecule has 0 amide bonds. The number of carbonyl (C=O) groups excluding carboxylic acids is 2. The maximum atomic E-state index is 12.3. The van der Waals surface area contributed by atoms with Crippen LogP contribution in [0.5, 0.6) is 0 Å². The number of benzene rings is 1. The average Bonchev–Trinajstić information content (AvgIpc) is 2.84. The fraction of sp³-hybridized carbons (Fsp3) is 0.294. The molecule has 0 saturated carbocycles. The lowest BCUT2D eigenvalue weighted by atomic mass is 10.0. The van der Waals surface area contributed by atoms with Gasteiger partial charge in [-0.15, -0.1) is 0 Å². The first-order chi connectivity index (χ1) is 10.0. The van der Waals surface area contributed by atoms with Gasteiger partial charge in [-0.2, -0.15) is 0 Å². The van der Waals surface area contributed by atoms with Crippen LogP contribution >= 0.6 is 0 Å². The highest BCUT2D eigenvalue weighted by Gasteiger charge is 2.17. The fourth-order valence-corrected chi connectivity index (χ4v) is 2.15. The monoisotopic (exact) mass is 285 g/mol. The van der Waals surface area contributed by atoms with E-state index in [1.807, 2.05) is 31.2 Å². The molecule has 0 atom stereocenters. The van der Waals surface area contributed by atoms with E-state index >= 15 is 0 Å². The average molecular weight is 285 g/mol. The molecule has 21 heavy (non-hydrogen) atoms. The molecule has 0 saturated heterocycles. The Balaban J connectivity index is 2.15. The number of aryl methyl sites for hydroxylation is 2. The molecule has 1 aromatic heterocycles. The first-order valence-corrected chi connectivity index (χ1v) is 6.96. The standard InChI is InChI=1S/C17H19NO3/c1-4-21-17(20)15-10-14(12(3)18-15)16(19)9-13-7-5-11(2)6-8-13/h5-8,10,18H,4,9H2,1-3H3. The summed E-state index contributed by atoms with van der Waals surface area (Å²) in [5, 5.41) is 0. The predicted molar refractivity (Wildman–Crippen MR) is 80.7 cm³/mol. The molecule has 4 heteroatoms. The van der Waals surface area contributed by atoms with Gasteiger partial charge in [0.25, 0.3) is 0 Å². The van der Waals surface area contributed by atoms with E-state index in [4.69, 9.17) is 4.74 Å². The maximum absolute atomic E-state index is 12.3. The van der Waals surface area contributed by atoms with E-state index in [9.17, 15) is 9.59 Å². The highest BCUT2D eigenvalue weighted by molar-refractivity contribution is 6.01. The smallest absolute Gasteiger partial charge is 0.354 e. The first-order valence-electron chi connectivity index (χ1n) is 6.96. The number of aromatic amines is 1. The number of hydrogen-bond acceptors (Lipinski definition) is 3. The van der Waals surface area contributed by atoms with Crippen LogP contribution in [0.1, 0.15) is 44.6 Å². The number of carbonyl (C=O) groups is 2.